The Morgan fingerprint density at radius 2 is 2.00 bits per heavy atom. The Kier molecular flexibility index (Phi) is 5.13. The Balaban J connectivity index is 1.60. The Bertz CT molecular complexity index is 895. The smallest absolute Gasteiger partial charge is 0.157 e. The highest BCUT2D eigenvalue weighted by Crippen LogP contribution is 2.25. The molecule has 1 fully saturated rings. The predicted octanol–water partition coefficient (Wildman–Crippen LogP) is 3.24. The summed E-state index contributed by atoms with van der Waals surface area (Å²) in [5.41, 5.74) is 1.92. The molecular weight excluding hydrogens is 342 g/mol. The maximum Gasteiger partial charge on any atom is 0.157 e. The molecule has 3 aromatic rings. The van der Waals surface area contributed by atoms with Crippen molar-refractivity contribution in [2.24, 2.45) is 0 Å². The van der Waals surface area contributed by atoms with Crippen LogP contribution in [0.3, 0.4) is 0 Å². The molecule has 3 aromatic heterocycles. The van der Waals surface area contributed by atoms with Gasteiger partial charge in [-0.3, -0.25) is 4.90 Å². The lowest BCUT2D eigenvalue weighted by Crippen LogP contribution is -2.41. The van der Waals surface area contributed by atoms with Crippen LogP contribution in [0.25, 0.3) is 5.65 Å². The molecule has 0 saturated carbocycles. The van der Waals surface area contributed by atoms with Gasteiger partial charge in [-0.15, -0.1) is 0 Å². The second-order valence-corrected chi connectivity index (χ2v) is 7.32. The van der Waals surface area contributed by atoms with Crippen LogP contribution in [-0.4, -0.2) is 52.3 Å². The lowest BCUT2D eigenvalue weighted by Gasteiger charge is -2.33. The van der Waals surface area contributed by atoms with Crippen molar-refractivity contribution >= 4 is 11.5 Å². The summed E-state index contributed by atoms with van der Waals surface area (Å²) >= 11 is 0. The summed E-state index contributed by atoms with van der Waals surface area (Å²) in [6, 6.07) is 8.27. The Labute approximate surface area is 159 Å². The van der Waals surface area contributed by atoms with Crippen molar-refractivity contribution in [3.05, 3.63) is 47.7 Å². The van der Waals surface area contributed by atoms with Crippen LogP contribution in [0, 0.1) is 6.92 Å². The molecule has 0 spiro atoms. The topological polar surface area (TPSA) is 67.8 Å². The van der Waals surface area contributed by atoms with Gasteiger partial charge in [-0.2, -0.15) is 9.61 Å². The Morgan fingerprint density at radius 1 is 1.19 bits per heavy atom. The first-order chi connectivity index (χ1) is 13.1. The number of furan rings is 1. The molecule has 0 bridgehead atoms. The van der Waals surface area contributed by atoms with Gasteiger partial charge in [0, 0.05) is 37.5 Å². The van der Waals surface area contributed by atoms with E-state index in [9.17, 15) is 0 Å². The first-order valence-corrected chi connectivity index (χ1v) is 9.58. The summed E-state index contributed by atoms with van der Waals surface area (Å²) in [4.78, 5) is 7.11. The largest absolute Gasteiger partial charge is 0.465 e. The fraction of sp³-hybridized carbons (Fsp3) is 0.500. The van der Waals surface area contributed by atoms with E-state index in [0.717, 1.165) is 61.5 Å². The molecule has 27 heavy (non-hydrogen) atoms. The van der Waals surface area contributed by atoms with E-state index in [2.05, 4.69) is 46.3 Å². The molecule has 1 aliphatic heterocycles. The van der Waals surface area contributed by atoms with Crippen LogP contribution >= 0.6 is 0 Å². The summed E-state index contributed by atoms with van der Waals surface area (Å²) in [5.74, 6) is 3.23. The number of ether oxygens (including phenoxy) is 1. The molecule has 4 heterocycles. The number of nitrogens with zero attached hydrogens (tertiary/aromatic N) is 4. The second kappa shape index (κ2) is 7.70. The molecule has 1 N–H and O–H groups in total. The minimum atomic E-state index is 0.142. The summed E-state index contributed by atoms with van der Waals surface area (Å²) in [6.07, 6.45) is 1.78. The minimum absolute atomic E-state index is 0.142. The summed E-state index contributed by atoms with van der Waals surface area (Å²) in [5, 5.41) is 8.01. The maximum atomic E-state index is 5.96. The van der Waals surface area contributed by atoms with Gasteiger partial charge in [-0.25, -0.2) is 4.98 Å². The molecule has 0 amide bonds. The number of fused-ring (bicyclic) bond motifs is 1. The van der Waals surface area contributed by atoms with Crippen LogP contribution in [-0.2, 0) is 4.74 Å². The first-order valence-electron chi connectivity index (χ1n) is 9.58. The number of nitrogens with one attached hydrogen (secondary N) is 1. The van der Waals surface area contributed by atoms with Gasteiger partial charge in [-0.1, -0.05) is 13.8 Å². The zero-order chi connectivity index (χ0) is 18.8. The number of anilines is 1. The Hall–Kier alpha value is -2.38. The lowest BCUT2D eigenvalue weighted by atomic mass is 10.1. The third-order valence-electron chi connectivity index (χ3n) is 5.02. The molecule has 144 valence electrons. The van der Waals surface area contributed by atoms with Gasteiger partial charge < -0.3 is 14.5 Å². The molecule has 1 atom stereocenters. The van der Waals surface area contributed by atoms with Crippen LogP contribution in [0.1, 0.15) is 43.0 Å². The van der Waals surface area contributed by atoms with Crippen LogP contribution in [0.2, 0.25) is 0 Å². The average Bonchev–Trinajstić information content (AvgIpc) is 3.31. The molecule has 1 unspecified atom stereocenters. The molecule has 7 heteroatoms. The fourth-order valence-corrected chi connectivity index (χ4v) is 3.49. The number of rotatable bonds is 6. The maximum absolute atomic E-state index is 5.96. The Morgan fingerprint density at radius 3 is 2.70 bits per heavy atom. The van der Waals surface area contributed by atoms with Gasteiger partial charge in [0.1, 0.15) is 17.3 Å². The number of aromatic nitrogens is 3. The summed E-state index contributed by atoms with van der Waals surface area (Å²) in [7, 11) is 0. The van der Waals surface area contributed by atoms with Crippen LogP contribution < -0.4 is 5.32 Å². The third kappa shape index (κ3) is 3.84. The van der Waals surface area contributed by atoms with Gasteiger partial charge >= 0.3 is 0 Å². The molecule has 0 aliphatic carbocycles. The zero-order valence-corrected chi connectivity index (χ0v) is 16.2. The van der Waals surface area contributed by atoms with E-state index in [4.69, 9.17) is 9.15 Å². The van der Waals surface area contributed by atoms with Crippen LogP contribution in [0.15, 0.2) is 34.9 Å². The fourth-order valence-electron chi connectivity index (χ4n) is 3.49. The highest BCUT2D eigenvalue weighted by atomic mass is 16.5. The van der Waals surface area contributed by atoms with Crippen molar-refractivity contribution in [2.45, 2.75) is 32.7 Å². The molecule has 7 nitrogen and oxygen atoms in total. The van der Waals surface area contributed by atoms with Crippen LogP contribution in [0.5, 0.6) is 0 Å². The molecule has 0 radical (unpaired) electrons. The number of hydrogen-bond donors (Lipinski definition) is 1. The molecule has 1 saturated heterocycles. The van der Waals surface area contributed by atoms with E-state index >= 15 is 0 Å². The van der Waals surface area contributed by atoms with Crippen molar-refractivity contribution in [1.29, 1.82) is 0 Å². The summed E-state index contributed by atoms with van der Waals surface area (Å²) < 4.78 is 13.3. The van der Waals surface area contributed by atoms with Crippen molar-refractivity contribution in [3.8, 4) is 0 Å². The molecule has 1 aliphatic rings. The van der Waals surface area contributed by atoms with Crippen molar-refractivity contribution in [2.75, 3.05) is 38.2 Å². The van der Waals surface area contributed by atoms with Gasteiger partial charge in [0.25, 0.3) is 0 Å². The van der Waals surface area contributed by atoms with Crippen LogP contribution in [0.4, 0.5) is 5.82 Å². The normalized spacial score (nSPS) is 16.9. The second-order valence-electron chi connectivity index (χ2n) is 7.32. The minimum Gasteiger partial charge on any atom is -0.465 e. The monoisotopic (exact) mass is 369 g/mol. The van der Waals surface area contributed by atoms with Gasteiger partial charge in [0.05, 0.1) is 25.5 Å². The average molecular weight is 369 g/mol. The summed E-state index contributed by atoms with van der Waals surface area (Å²) in [6.45, 7) is 10.3. The quantitative estimate of drug-likeness (QED) is 0.719. The van der Waals surface area contributed by atoms with E-state index < -0.39 is 0 Å². The van der Waals surface area contributed by atoms with E-state index in [1.165, 1.54) is 0 Å². The van der Waals surface area contributed by atoms with Gasteiger partial charge in [-0.05, 0) is 25.0 Å². The zero-order valence-electron chi connectivity index (χ0n) is 16.2. The number of hydrogen-bond acceptors (Lipinski definition) is 6. The van der Waals surface area contributed by atoms with E-state index in [1.807, 2.05) is 23.6 Å². The number of morpholine rings is 1. The standard InChI is InChI=1S/C20H27N5O2/c1-14(2)16-12-20(25-19(23-16)6-7-22-25)21-13-17(18-5-4-15(3)27-18)24-8-10-26-11-9-24/h4-7,12,14,17,21H,8-11,13H2,1-3H3. The van der Waals surface area contributed by atoms with E-state index in [1.54, 1.807) is 6.20 Å². The SMILES string of the molecule is Cc1ccc(C(CNc2cc(C(C)C)nc3ccnn23)N2CCOCC2)o1. The first kappa shape index (κ1) is 18.0. The van der Waals surface area contributed by atoms with Gasteiger partial charge in [0.15, 0.2) is 5.65 Å². The van der Waals surface area contributed by atoms with Crippen molar-refractivity contribution < 1.29 is 9.15 Å². The van der Waals surface area contributed by atoms with Crippen molar-refractivity contribution in [1.82, 2.24) is 19.5 Å². The van der Waals surface area contributed by atoms with E-state index in [-0.39, 0.29) is 6.04 Å². The van der Waals surface area contributed by atoms with Crippen molar-refractivity contribution in [3.63, 3.8) is 0 Å². The number of aryl methyl sites for hydroxylation is 1. The molecule has 4 rings (SSSR count). The predicted molar refractivity (Wildman–Crippen MR) is 104 cm³/mol. The highest BCUT2D eigenvalue weighted by molar-refractivity contribution is 5.49. The lowest BCUT2D eigenvalue weighted by molar-refractivity contribution is 0.0143. The highest BCUT2D eigenvalue weighted by Gasteiger charge is 2.25. The van der Waals surface area contributed by atoms with Gasteiger partial charge in [0.2, 0.25) is 0 Å². The third-order valence-corrected chi connectivity index (χ3v) is 5.02. The molecular formula is C20H27N5O2. The molecule has 0 aromatic carbocycles. The van der Waals surface area contributed by atoms with E-state index in [0.29, 0.717) is 5.92 Å².